The Balaban J connectivity index is 1.67. The molecule has 2 heterocycles. The molecule has 6 N–H and O–H groups in total. The van der Waals surface area contributed by atoms with Gasteiger partial charge in [-0.1, -0.05) is 17.0 Å². The van der Waals surface area contributed by atoms with Crippen molar-refractivity contribution >= 4 is 29.4 Å². The summed E-state index contributed by atoms with van der Waals surface area (Å²) in [5.41, 5.74) is 6.35. The second-order valence-corrected chi connectivity index (χ2v) is 14.0. The van der Waals surface area contributed by atoms with Crippen molar-refractivity contribution in [2.75, 3.05) is 72.6 Å². The van der Waals surface area contributed by atoms with E-state index in [1.165, 1.54) is 0 Å². The van der Waals surface area contributed by atoms with Gasteiger partial charge in [0, 0.05) is 24.1 Å². The second kappa shape index (κ2) is 22.2. The van der Waals surface area contributed by atoms with Crippen LogP contribution < -0.4 is 16.6 Å². The van der Waals surface area contributed by atoms with E-state index < -0.39 is 53.7 Å². The Labute approximate surface area is 283 Å². The molecular weight excluding hydrogens is 741 g/mol. The third-order valence-electron chi connectivity index (χ3n) is 5.79. The molecule has 1 aliphatic heterocycles. The first-order valence-electron chi connectivity index (χ1n) is 14.5. The molecule has 1 aliphatic rings. The first-order valence-corrected chi connectivity index (χ1v) is 19.0. The number of carbonyl (C=O) groups is 1. The van der Waals surface area contributed by atoms with Crippen molar-refractivity contribution in [2.24, 2.45) is 5.11 Å². The fourth-order valence-electron chi connectivity index (χ4n) is 3.73. The number of hydrogen-bond acceptors (Lipinski definition) is 15. The second-order valence-electron chi connectivity index (χ2n) is 9.62. The molecular formula is C23H37N6O18P3. The normalized spacial score (nSPS) is 18.3. The lowest BCUT2D eigenvalue weighted by atomic mass is 10.2. The van der Waals surface area contributed by atoms with Gasteiger partial charge in [-0.15, -0.1) is 0 Å². The molecule has 0 spiro atoms. The number of aromatic amines is 1. The highest BCUT2D eigenvalue weighted by molar-refractivity contribution is 7.66. The van der Waals surface area contributed by atoms with Crippen LogP contribution in [0.1, 0.15) is 31.1 Å². The van der Waals surface area contributed by atoms with E-state index >= 15 is 0 Å². The molecule has 0 bridgehead atoms. The molecule has 4 atom stereocenters. The zero-order valence-electron chi connectivity index (χ0n) is 26.3. The van der Waals surface area contributed by atoms with Gasteiger partial charge in [0.25, 0.3) is 5.56 Å². The van der Waals surface area contributed by atoms with Crippen molar-refractivity contribution in [2.45, 2.75) is 31.6 Å². The topological polar surface area (TPSA) is 339 Å². The minimum absolute atomic E-state index is 0.0399. The Hall–Kier alpha value is -2.77. The molecule has 1 aromatic rings. The highest BCUT2D eigenvalue weighted by Crippen LogP contribution is 2.66. The number of phosphoric acid groups is 3. The molecule has 50 heavy (non-hydrogen) atoms. The number of amides is 1. The van der Waals surface area contributed by atoms with Gasteiger partial charge in [-0.05, 0) is 18.4 Å². The van der Waals surface area contributed by atoms with Crippen molar-refractivity contribution in [3.63, 3.8) is 0 Å². The minimum Gasteiger partial charge on any atom is -0.379 e. The molecule has 27 heteroatoms. The van der Waals surface area contributed by atoms with Crippen LogP contribution in [0.3, 0.4) is 0 Å². The van der Waals surface area contributed by atoms with Crippen molar-refractivity contribution < 1.29 is 74.9 Å². The summed E-state index contributed by atoms with van der Waals surface area (Å²) in [5, 5.41) is 5.87. The molecule has 0 saturated carbocycles. The van der Waals surface area contributed by atoms with Gasteiger partial charge in [-0.25, -0.2) is 18.5 Å². The molecule has 2 rings (SSSR count). The van der Waals surface area contributed by atoms with Crippen molar-refractivity contribution in [1.82, 2.24) is 14.9 Å². The number of aromatic nitrogens is 2. The monoisotopic (exact) mass is 778 g/mol. The number of phosphoric ester groups is 1. The van der Waals surface area contributed by atoms with E-state index in [1.807, 2.05) is 0 Å². The van der Waals surface area contributed by atoms with Gasteiger partial charge in [-0.2, -0.15) is 8.62 Å². The molecule has 24 nitrogen and oxygen atoms in total. The molecule has 1 amide bonds. The van der Waals surface area contributed by atoms with E-state index in [2.05, 4.69) is 45.3 Å². The number of hydrogen-bond donors (Lipinski definition) is 6. The van der Waals surface area contributed by atoms with Crippen LogP contribution >= 0.6 is 23.5 Å². The summed E-state index contributed by atoms with van der Waals surface area (Å²) in [6, 6.07) is 0. The van der Waals surface area contributed by atoms with E-state index in [4.69, 9.17) is 39.0 Å². The maximum absolute atomic E-state index is 12.4. The van der Waals surface area contributed by atoms with Gasteiger partial charge in [0.15, 0.2) is 0 Å². The van der Waals surface area contributed by atoms with Crippen molar-refractivity contribution in [3.8, 4) is 11.8 Å². The molecule has 0 radical (unpaired) electrons. The van der Waals surface area contributed by atoms with Crippen molar-refractivity contribution in [3.05, 3.63) is 43.0 Å². The third kappa shape index (κ3) is 19.0. The lowest BCUT2D eigenvalue weighted by molar-refractivity contribution is -0.122. The van der Waals surface area contributed by atoms with Crippen LogP contribution in [0, 0.1) is 11.8 Å². The quantitative estimate of drug-likeness (QED) is 0.0197. The predicted octanol–water partition coefficient (Wildman–Crippen LogP) is -0.208. The van der Waals surface area contributed by atoms with Crippen molar-refractivity contribution in [1.29, 1.82) is 0 Å². The van der Waals surface area contributed by atoms with Crippen LogP contribution in [0.5, 0.6) is 0 Å². The number of H-pyrrole nitrogens is 1. The zero-order chi connectivity index (χ0) is 37.0. The van der Waals surface area contributed by atoms with Gasteiger partial charge in [-0.3, -0.25) is 23.7 Å². The van der Waals surface area contributed by atoms with E-state index in [-0.39, 0.29) is 57.0 Å². The average molecular weight is 778 g/mol. The number of nitrogens with one attached hydrogen (secondary N) is 2. The maximum atomic E-state index is 12.4. The lowest BCUT2D eigenvalue weighted by Gasteiger charge is -2.19. The molecule has 0 aromatic carbocycles. The molecule has 1 fully saturated rings. The van der Waals surface area contributed by atoms with Gasteiger partial charge in [0.05, 0.1) is 72.1 Å². The number of ether oxygens (including phenoxy) is 5. The first kappa shape index (κ1) is 43.4. The van der Waals surface area contributed by atoms with Crippen LogP contribution in [-0.4, -0.2) is 114 Å². The molecule has 2 unspecified atom stereocenters. The summed E-state index contributed by atoms with van der Waals surface area (Å²) in [4.78, 5) is 77.3. The van der Waals surface area contributed by atoms with E-state index in [1.54, 1.807) is 0 Å². The Morgan fingerprint density at radius 2 is 1.60 bits per heavy atom. The highest BCUT2D eigenvalue weighted by Gasteiger charge is 2.41. The van der Waals surface area contributed by atoms with E-state index in [0.717, 1.165) is 10.8 Å². The van der Waals surface area contributed by atoms with Crippen LogP contribution in [0.25, 0.3) is 10.4 Å². The Kier molecular flexibility index (Phi) is 19.3. The van der Waals surface area contributed by atoms with Crippen LogP contribution in [-0.2, 0) is 55.3 Å². The number of azide groups is 1. The Morgan fingerprint density at radius 1 is 0.980 bits per heavy atom. The Bertz CT molecular complexity index is 1620. The molecule has 1 saturated heterocycles. The highest BCUT2D eigenvalue weighted by atomic mass is 31.3. The maximum Gasteiger partial charge on any atom is 0.490 e. The van der Waals surface area contributed by atoms with Gasteiger partial charge in [0.2, 0.25) is 5.91 Å². The minimum atomic E-state index is -5.69. The summed E-state index contributed by atoms with van der Waals surface area (Å²) in [5.74, 6) is 4.77. The fraction of sp³-hybridized carbons (Fsp3) is 0.696. The summed E-state index contributed by atoms with van der Waals surface area (Å²) >= 11 is 0. The average Bonchev–Trinajstić information content (AvgIpc) is 3.48. The van der Waals surface area contributed by atoms with Crippen LogP contribution in [0.4, 0.5) is 0 Å². The van der Waals surface area contributed by atoms with Gasteiger partial charge >= 0.3 is 29.2 Å². The Morgan fingerprint density at radius 3 is 2.22 bits per heavy atom. The number of rotatable bonds is 24. The number of carbonyl (C=O) groups excluding carboxylic acids is 1. The molecule has 1 aromatic heterocycles. The lowest BCUT2D eigenvalue weighted by Crippen LogP contribution is -2.34. The molecule has 0 aliphatic carbocycles. The SMILES string of the molecule is [N-]=[N+]=NCCOCCOCCOCCOCCC(=O)NCC#Cc1cn([C@H]2CC[C@@H](COP(=O)(O)OP(=O)(O)OP(=O)(O)O)O2)c(=O)[nH]c1=O. The predicted molar refractivity (Wildman–Crippen MR) is 166 cm³/mol. The van der Waals surface area contributed by atoms with E-state index in [0.29, 0.717) is 39.6 Å². The van der Waals surface area contributed by atoms with Gasteiger partial charge < -0.3 is 48.6 Å². The summed E-state index contributed by atoms with van der Waals surface area (Å²) in [6.07, 6.45) is -0.478. The number of nitrogens with zero attached hydrogens (tertiary/aromatic N) is 4. The first-order chi connectivity index (χ1) is 23.6. The zero-order valence-corrected chi connectivity index (χ0v) is 28.9. The molecule has 282 valence electrons. The van der Waals surface area contributed by atoms with E-state index in [9.17, 15) is 37.9 Å². The smallest absolute Gasteiger partial charge is 0.379 e. The standard InChI is InChI=1S/C23H37N6O18P3/c24-28-26-7-9-41-11-13-43-15-14-42-12-10-40-8-5-20(30)25-6-1-2-18-16-29(23(32)27-22(18)31)21-4-3-19(45-21)17-44-49(36,37)47-50(38,39)46-48(33,34)35/h16,19,21H,3-15,17H2,(H,25,30)(H,36,37)(H,38,39)(H,27,31,32)(H2,33,34,35)/t19-,21+/m0/s1. The van der Waals surface area contributed by atoms with Crippen LogP contribution in [0.15, 0.2) is 20.9 Å². The van der Waals surface area contributed by atoms with Gasteiger partial charge in [0.1, 0.15) is 11.8 Å². The third-order valence-corrected chi connectivity index (χ3v) is 9.59. The largest absolute Gasteiger partial charge is 0.490 e. The summed E-state index contributed by atoms with van der Waals surface area (Å²) in [6.45, 7) is 1.87. The summed E-state index contributed by atoms with van der Waals surface area (Å²) < 4.78 is 73.7. The van der Waals surface area contributed by atoms with Crippen LogP contribution in [0.2, 0.25) is 0 Å². The fourth-order valence-corrected chi connectivity index (χ4v) is 6.78. The summed E-state index contributed by atoms with van der Waals surface area (Å²) in [7, 11) is -16.6.